The first-order valence-corrected chi connectivity index (χ1v) is 11.0. The van der Waals surface area contributed by atoms with Crippen molar-refractivity contribution in [2.75, 3.05) is 33.4 Å². The molecule has 0 aromatic heterocycles. The van der Waals surface area contributed by atoms with Crippen LogP contribution in [0.2, 0.25) is 0 Å². The molecule has 0 radical (unpaired) electrons. The van der Waals surface area contributed by atoms with Gasteiger partial charge >= 0.3 is 0 Å². The third kappa shape index (κ3) is 5.37. The van der Waals surface area contributed by atoms with E-state index in [0.717, 1.165) is 30.7 Å². The van der Waals surface area contributed by atoms with Gasteiger partial charge in [0.1, 0.15) is 11.5 Å². The van der Waals surface area contributed by atoms with Crippen molar-refractivity contribution in [1.82, 2.24) is 9.80 Å². The zero-order valence-corrected chi connectivity index (χ0v) is 18.0. The van der Waals surface area contributed by atoms with Gasteiger partial charge in [0.2, 0.25) is 5.91 Å². The van der Waals surface area contributed by atoms with Crippen LogP contribution in [0.5, 0.6) is 11.5 Å². The molecule has 2 fully saturated rings. The smallest absolute Gasteiger partial charge is 0.260 e. The van der Waals surface area contributed by atoms with Gasteiger partial charge in [0.05, 0.1) is 7.11 Å². The van der Waals surface area contributed by atoms with Crippen molar-refractivity contribution in [3.63, 3.8) is 0 Å². The van der Waals surface area contributed by atoms with Gasteiger partial charge in [-0.25, -0.2) is 0 Å². The zero-order chi connectivity index (χ0) is 21.6. The molecule has 2 amide bonds. The van der Waals surface area contributed by atoms with Crippen LogP contribution in [0.15, 0.2) is 54.6 Å². The van der Waals surface area contributed by atoms with Crippen molar-refractivity contribution in [3.8, 4) is 11.5 Å². The number of amides is 2. The molecule has 2 aliphatic heterocycles. The van der Waals surface area contributed by atoms with Gasteiger partial charge in [-0.15, -0.1) is 0 Å². The third-order valence-corrected chi connectivity index (χ3v) is 6.44. The van der Waals surface area contributed by atoms with Crippen molar-refractivity contribution >= 4 is 11.8 Å². The summed E-state index contributed by atoms with van der Waals surface area (Å²) in [5.41, 5.74) is 1.11. The number of benzene rings is 2. The maximum Gasteiger partial charge on any atom is 0.260 e. The first-order valence-electron chi connectivity index (χ1n) is 11.0. The fourth-order valence-corrected chi connectivity index (χ4v) is 4.57. The van der Waals surface area contributed by atoms with Crippen LogP contribution < -0.4 is 9.47 Å². The van der Waals surface area contributed by atoms with E-state index in [1.807, 2.05) is 64.4 Å². The summed E-state index contributed by atoms with van der Waals surface area (Å²) in [6.07, 6.45) is 2.38. The molecule has 0 unspecified atom stereocenters. The summed E-state index contributed by atoms with van der Waals surface area (Å²) in [6.45, 7) is 2.82. The van der Waals surface area contributed by atoms with Crippen LogP contribution in [0.3, 0.4) is 0 Å². The quantitative estimate of drug-likeness (QED) is 0.716. The molecular weight excluding hydrogens is 392 g/mol. The Morgan fingerprint density at radius 2 is 1.71 bits per heavy atom. The van der Waals surface area contributed by atoms with Crippen LogP contribution in [0, 0.1) is 11.8 Å². The SMILES string of the molecule is COc1ccc(CN2CC[C@H]3CN(C(=O)COc4ccccc4)CC[C@H]3CC2=O)cc1. The second-order valence-electron chi connectivity index (χ2n) is 8.41. The Bertz CT molecular complexity index is 884. The molecule has 2 aliphatic rings. The Kier molecular flexibility index (Phi) is 6.75. The summed E-state index contributed by atoms with van der Waals surface area (Å²) < 4.78 is 10.9. The molecule has 0 aliphatic carbocycles. The highest BCUT2D eigenvalue weighted by atomic mass is 16.5. The monoisotopic (exact) mass is 422 g/mol. The van der Waals surface area contributed by atoms with Gasteiger partial charge in [-0.1, -0.05) is 30.3 Å². The first-order chi connectivity index (χ1) is 15.1. The number of rotatable bonds is 6. The third-order valence-electron chi connectivity index (χ3n) is 6.44. The summed E-state index contributed by atoms with van der Waals surface area (Å²) in [5, 5.41) is 0. The van der Waals surface area contributed by atoms with Gasteiger partial charge < -0.3 is 19.3 Å². The number of para-hydroxylation sites is 1. The molecule has 31 heavy (non-hydrogen) atoms. The number of hydrogen-bond acceptors (Lipinski definition) is 4. The van der Waals surface area contributed by atoms with Gasteiger partial charge in [-0.3, -0.25) is 9.59 Å². The number of methoxy groups -OCH3 is 1. The fourth-order valence-electron chi connectivity index (χ4n) is 4.57. The second-order valence-corrected chi connectivity index (χ2v) is 8.41. The number of piperidine rings is 1. The van der Waals surface area contributed by atoms with E-state index >= 15 is 0 Å². The van der Waals surface area contributed by atoms with Crippen LogP contribution in [0.1, 0.15) is 24.8 Å². The van der Waals surface area contributed by atoms with Crippen LogP contribution >= 0.6 is 0 Å². The lowest BCUT2D eigenvalue weighted by Crippen LogP contribution is -2.45. The molecule has 2 aromatic rings. The average molecular weight is 423 g/mol. The minimum atomic E-state index is 0.0213. The van der Waals surface area contributed by atoms with Crippen molar-refractivity contribution in [2.45, 2.75) is 25.8 Å². The van der Waals surface area contributed by atoms with E-state index in [1.54, 1.807) is 7.11 Å². The molecule has 2 atom stereocenters. The predicted molar refractivity (Wildman–Crippen MR) is 118 cm³/mol. The zero-order valence-electron chi connectivity index (χ0n) is 18.0. The van der Waals surface area contributed by atoms with E-state index in [9.17, 15) is 9.59 Å². The topological polar surface area (TPSA) is 59.1 Å². The molecule has 0 N–H and O–H groups in total. The lowest BCUT2D eigenvalue weighted by atomic mass is 9.82. The normalized spacial score (nSPS) is 21.3. The standard InChI is InChI=1S/C25H30N2O4/c1-30-22-9-7-19(8-10-22)16-26-14-12-21-17-27(13-11-20(21)15-24(26)28)25(29)18-31-23-5-3-2-4-6-23/h2-10,20-21H,11-18H2,1H3/t20-,21-/m0/s1. The van der Waals surface area contributed by atoms with Gasteiger partial charge in [0.15, 0.2) is 6.61 Å². The number of likely N-dealkylation sites (tertiary alicyclic amines) is 2. The Balaban J connectivity index is 1.31. The molecule has 164 valence electrons. The molecule has 0 spiro atoms. The van der Waals surface area contributed by atoms with Gasteiger partial charge in [-0.2, -0.15) is 0 Å². The van der Waals surface area contributed by atoms with Crippen molar-refractivity contribution in [3.05, 3.63) is 60.2 Å². The number of carbonyl (C=O) groups excluding carboxylic acids is 2. The summed E-state index contributed by atoms with van der Waals surface area (Å²) in [5.74, 6) is 2.48. The molecule has 2 saturated heterocycles. The molecule has 6 nitrogen and oxygen atoms in total. The highest BCUT2D eigenvalue weighted by Gasteiger charge is 2.36. The summed E-state index contributed by atoms with van der Waals surface area (Å²) in [7, 11) is 1.65. The molecule has 0 bridgehead atoms. The van der Waals surface area contributed by atoms with Crippen LogP contribution in [0.25, 0.3) is 0 Å². The largest absolute Gasteiger partial charge is 0.497 e. The lowest BCUT2D eigenvalue weighted by Gasteiger charge is -2.37. The number of hydrogen-bond donors (Lipinski definition) is 0. The maximum atomic E-state index is 12.9. The van der Waals surface area contributed by atoms with Crippen LogP contribution in [-0.4, -0.2) is 55.0 Å². The van der Waals surface area contributed by atoms with Gasteiger partial charge in [0.25, 0.3) is 5.91 Å². The lowest BCUT2D eigenvalue weighted by molar-refractivity contribution is -0.136. The predicted octanol–water partition coefficient (Wildman–Crippen LogP) is 3.36. The summed E-state index contributed by atoms with van der Waals surface area (Å²) in [6, 6.07) is 17.3. The van der Waals surface area contributed by atoms with Crippen molar-refractivity contribution in [1.29, 1.82) is 0 Å². The Hall–Kier alpha value is -3.02. The molecule has 4 rings (SSSR count). The number of ether oxygens (including phenoxy) is 2. The van der Waals surface area contributed by atoms with E-state index in [4.69, 9.17) is 9.47 Å². The van der Waals surface area contributed by atoms with E-state index in [1.165, 1.54) is 0 Å². The number of nitrogens with zero attached hydrogens (tertiary/aromatic N) is 2. The fraction of sp³-hybridized carbons (Fsp3) is 0.440. The van der Waals surface area contributed by atoms with Crippen molar-refractivity contribution < 1.29 is 19.1 Å². The molecule has 2 aromatic carbocycles. The van der Waals surface area contributed by atoms with E-state index in [-0.39, 0.29) is 18.4 Å². The molecule has 2 heterocycles. The van der Waals surface area contributed by atoms with Crippen LogP contribution in [0.4, 0.5) is 0 Å². The Labute approximate surface area is 183 Å². The van der Waals surface area contributed by atoms with E-state index < -0.39 is 0 Å². The van der Waals surface area contributed by atoms with Crippen LogP contribution in [-0.2, 0) is 16.1 Å². The molecular formula is C25H30N2O4. The van der Waals surface area contributed by atoms with E-state index in [2.05, 4.69) is 0 Å². The number of carbonyl (C=O) groups is 2. The summed E-state index contributed by atoms with van der Waals surface area (Å²) >= 11 is 0. The highest BCUT2D eigenvalue weighted by molar-refractivity contribution is 5.78. The maximum absolute atomic E-state index is 12.9. The Morgan fingerprint density at radius 3 is 2.45 bits per heavy atom. The molecule has 6 heteroatoms. The van der Waals surface area contributed by atoms with Gasteiger partial charge in [-0.05, 0) is 54.5 Å². The average Bonchev–Trinajstić information content (AvgIpc) is 2.96. The minimum absolute atomic E-state index is 0.0213. The Morgan fingerprint density at radius 1 is 0.968 bits per heavy atom. The second kappa shape index (κ2) is 9.86. The minimum Gasteiger partial charge on any atom is -0.497 e. The van der Waals surface area contributed by atoms with Gasteiger partial charge in [0, 0.05) is 32.6 Å². The first kappa shape index (κ1) is 21.2. The van der Waals surface area contributed by atoms with E-state index in [0.29, 0.717) is 43.6 Å². The van der Waals surface area contributed by atoms with Crippen molar-refractivity contribution in [2.24, 2.45) is 11.8 Å². The summed E-state index contributed by atoms with van der Waals surface area (Å²) in [4.78, 5) is 29.4. The number of fused-ring (bicyclic) bond motifs is 1. The molecule has 0 saturated carbocycles. The highest BCUT2D eigenvalue weighted by Crippen LogP contribution is 2.33.